The molecule has 2 N–H and O–H groups in total. The van der Waals surface area contributed by atoms with E-state index in [1.54, 1.807) is 6.07 Å². The lowest BCUT2D eigenvalue weighted by molar-refractivity contribution is 0.0884. The van der Waals surface area contributed by atoms with Crippen LogP contribution < -0.4 is 10.6 Å². The Morgan fingerprint density at radius 1 is 1.33 bits per heavy atom. The van der Waals surface area contributed by atoms with Gasteiger partial charge in [-0.3, -0.25) is 4.79 Å². The van der Waals surface area contributed by atoms with Crippen LogP contribution in [-0.2, 0) is 0 Å². The number of rotatable bonds is 2. The second-order valence-corrected chi connectivity index (χ2v) is 5.57. The van der Waals surface area contributed by atoms with Crippen LogP contribution >= 0.6 is 0 Å². The van der Waals surface area contributed by atoms with Crippen molar-refractivity contribution in [3.05, 3.63) is 23.7 Å². The molecule has 2 aliphatic rings. The third-order valence-corrected chi connectivity index (χ3v) is 4.25. The summed E-state index contributed by atoms with van der Waals surface area (Å²) >= 11 is 0. The molecule has 98 valence electrons. The van der Waals surface area contributed by atoms with E-state index in [1.807, 2.05) is 13.0 Å². The number of furan rings is 1. The Kier molecular flexibility index (Phi) is 3.12. The third kappa shape index (κ3) is 2.29. The van der Waals surface area contributed by atoms with Crippen molar-refractivity contribution in [2.24, 2.45) is 11.8 Å². The minimum absolute atomic E-state index is 0.0718. The van der Waals surface area contributed by atoms with E-state index < -0.39 is 0 Å². The standard InChI is InChI=1S/C14H20N2O2/c1-9-2-5-13(18-9)14(17)16-12-4-3-10-7-15-8-11(10)6-12/h2,5,10-12,15H,3-4,6-8H2,1H3,(H,16,17)/t10-,11+,12?/m1/s1. The largest absolute Gasteiger partial charge is 0.456 e. The fourth-order valence-corrected chi connectivity index (χ4v) is 3.24. The van der Waals surface area contributed by atoms with Crippen LogP contribution in [0.15, 0.2) is 16.5 Å². The molecule has 1 aromatic heterocycles. The van der Waals surface area contributed by atoms with E-state index in [-0.39, 0.29) is 5.91 Å². The van der Waals surface area contributed by atoms with Gasteiger partial charge in [0.15, 0.2) is 5.76 Å². The van der Waals surface area contributed by atoms with Gasteiger partial charge in [0.05, 0.1) is 0 Å². The van der Waals surface area contributed by atoms with Crippen LogP contribution in [0.2, 0.25) is 0 Å². The van der Waals surface area contributed by atoms with Crippen molar-refractivity contribution in [1.29, 1.82) is 0 Å². The molecule has 4 nitrogen and oxygen atoms in total. The van der Waals surface area contributed by atoms with Crippen LogP contribution in [0.4, 0.5) is 0 Å². The van der Waals surface area contributed by atoms with E-state index in [2.05, 4.69) is 10.6 Å². The number of amides is 1. The minimum Gasteiger partial charge on any atom is -0.456 e. The molecular weight excluding hydrogens is 228 g/mol. The van der Waals surface area contributed by atoms with Gasteiger partial charge in [0.1, 0.15) is 5.76 Å². The molecule has 2 fully saturated rings. The molecule has 0 bridgehead atoms. The normalized spacial score (nSPS) is 31.1. The summed E-state index contributed by atoms with van der Waals surface area (Å²) in [5.41, 5.74) is 0. The van der Waals surface area contributed by atoms with Gasteiger partial charge >= 0.3 is 0 Å². The molecule has 1 amide bonds. The predicted molar refractivity (Wildman–Crippen MR) is 68.4 cm³/mol. The molecule has 18 heavy (non-hydrogen) atoms. The fraction of sp³-hybridized carbons (Fsp3) is 0.643. The average Bonchev–Trinajstić information content (AvgIpc) is 2.96. The van der Waals surface area contributed by atoms with Crippen molar-refractivity contribution < 1.29 is 9.21 Å². The number of carbonyl (C=O) groups is 1. The maximum Gasteiger partial charge on any atom is 0.287 e. The molecule has 1 unspecified atom stereocenters. The fourth-order valence-electron chi connectivity index (χ4n) is 3.24. The predicted octanol–water partition coefficient (Wildman–Crippen LogP) is 1.71. The summed E-state index contributed by atoms with van der Waals surface area (Å²) < 4.78 is 5.35. The molecule has 3 atom stereocenters. The second kappa shape index (κ2) is 4.76. The maximum absolute atomic E-state index is 12.0. The maximum atomic E-state index is 12.0. The van der Waals surface area contributed by atoms with E-state index in [0.717, 1.165) is 43.5 Å². The van der Waals surface area contributed by atoms with Gasteiger partial charge in [-0.25, -0.2) is 0 Å². The Bertz CT molecular complexity index is 441. The first kappa shape index (κ1) is 11.8. The zero-order chi connectivity index (χ0) is 12.5. The summed E-state index contributed by atoms with van der Waals surface area (Å²) in [6.45, 7) is 4.12. The summed E-state index contributed by atoms with van der Waals surface area (Å²) in [7, 11) is 0. The highest BCUT2D eigenvalue weighted by Crippen LogP contribution is 2.32. The van der Waals surface area contributed by atoms with E-state index in [4.69, 9.17) is 4.42 Å². The van der Waals surface area contributed by atoms with Gasteiger partial charge in [-0.1, -0.05) is 0 Å². The number of carbonyl (C=O) groups excluding carboxylic acids is 1. The lowest BCUT2D eigenvalue weighted by atomic mass is 9.79. The molecule has 3 rings (SSSR count). The molecule has 1 aromatic rings. The van der Waals surface area contributed by atoms with Crippen LogP contribution in [-0.4, -0.2) is 25.0 Å². The Morgan fingerprint density at radius 2 is 2.17 bits per heavy atom. The van der Waals surface area contributed by atoms with E-state index in [0.29, 0.717) is 11.8 Å². The lowest BCUT2D eigenvalue weighted by Crippen LogP contribution is -2.40. The van der Waals surface area contributed by atoms with Crippen molar-refractivity contribution >= 4 is 5.91 Å². The molecule has 1 aliphatic carbocycles. The van der Waals surface area contributed by atoms with Crippen LogP contribution in [0.25, 0.3) is 0 Å². The Morgan fingerprint density at radius 3 is 2.94 bits per heavy atom. The third-order valence-electron chi connectivity index (χ3n) is 4.25. The number of aryl methyl sites for hydroxylation is 1. The lowest BCUT2D eigenvalue weighted by Gasteiger charge is -2.31. The monoisotopic (exact) mass is 248 g/mol. The molecule has 2 heterocycles. The van der Waals surface area contributed by atoms with Gasteiger partial charge < -0.3 is 15.1 Å². The molecule has 1 saturated carbocycles. The Labute approximate surface area is 107 Å². The van der Waals surface area contributed by atoms with Gasteiger partial charge in [-0.15, -0.1) is 0 Å². The van der Waals surface area contributed by atoms with Crippen LogP contribution in [0, 0.1) is 18.8 Å². The number of hydrogen-bond donors (Lipinski definition) is 2. The van der Waals surface area contributed by atoms with E-state index in [1.165, 1.54) is 6.42 Å². The van der Waals surface area contributed by atoms with Crippen molar-refractivity contribution in [2.45, 2.75) is 32.2 Å². The van der Waals surface area contributed by atoms with Crippen molar-refractivity contribution in [3.63, 3.8) is 0 Å². The summed E-state index contributed by atoms with van der Waals surface area (Å²) in [5, 5.41) is 6.54. The highest BCUT2D eigenvalue weighted by molar-refractivity contribution is 5.91. The molecule has 1 saturated heterocycles. The first-order valence-electron chi connectivity index (χ1n) is 6.80. The molecule has 4 heteroatoms. The highest BCUT2D eigenvalue weighted by Gasteiger charge is 2.34. The van der Waals surface area contributed by atoms with Crippen molar-refractivity contribution in [3.8, 4) is 0 Å². The van der Waals surface area contributed by atoms with Gasteiger partial charge in [-0.2, -0.15) is 0 Å². The quantitative estimate of drug-likeness (QED) is 0.837. The molecule has 1 aliphatic heterocycles. The summed E-state index contributed by atoms with van der Waals surface area (Å²) in [5.74, 6) is 2.70. The second-order valence-electron chi connectivity index (χ2n) is 5.57. The molecular formula is C14H20N2O2. The number of nitrogens with one attached hydrogen (secondary N) is 2. The Hall–Kier alpha value is -1.29. The first-order chi connectivity index (χ1) is 8.72. The zero-order valence-electron chi connectivity index (χ0n) is 10.7. The van der Waals surface area contributed by atoms with Crippen LogP contribution in [0.3, 0.4) is 0 Å². The van der Waals surface area contributed by atoms with Crippen LogP contribution in [0.1, 0.15) is 35.6 Å². The molecule has 0 aromatic carbocycles. The van der Waals surface area contributed by atoms with Gasteiger partial charge in [-0.05, 0) is 63.2 Å². The average molecular weight is 248 g/mol. The van der Waals surface area contributed by atoms with Gasteiger partial charge in [0.2, 0.25) is 0 Å². The van der Waals surface area contributed by atoms with Gasteiger partial charge in [0, 0.05) is 6.04 Å². The minimum atomic E-state index is -0.0718. The van der Waals surface area contributed by atoms with E-state index in [9.17, 15) is 4.79 Å². The summed E-state index contributed by atoms with van der Waals surface area (Å²) in [6, 6.07) is 3.88. The smallest absolute Gasteiger partial charge is 0.287 e. The van der Waals surface area contributed by atoms with Crippen molar-refractivity contribution in [2.75, 3.05) is 13.1 Å². The van der Waals surface area contributed by atoms with Gasteiger partial charge in [0.25, 0.3) is 5.91 Å². The van der Waals surface area contributed by atoms with Crippen molar-refractivity contribution in [1.82, 2.24) is 10.6 Å². The molecule has 0 spiro atoms. The van der Waals surface area contributed by atoms with Crippen LogP contribution in [0.5, 0.6) is 0 Å². The molecule has 0 radical (unpaired) electrons. The first-order valence-corrected chi connectivity index (χ1v) is 6.80. The topological polar surface area (TPSA) is 54.3 Å². The highest BCUT2D eigenvalue weighted by atomic mass is 16.3. The SMILES string of the molecule is Cc1ccc(C(=O)NC2CC[C@@H]3CNC[C@@H]3C2)o1. The number of fused-ring (bicyclic) bond motifs is 1. The Balaban J connectivity index is 1.58. The zero-order valence-corrected chi connectivity index (χ0v) is 10.7. The summed E-state index contributed by atoms with van der Waals surface area (Å²) in [6.07, 6.45) is 3.41. The summed E-state index contributed by atoms with van der Waals surface area (Å²) in [4.78, 5) is 12.0. The number of hydrogen-bond acceptors (Lipinski definition) is 3. The van der Waals surface area contributed by atoms with E-state index >= 15 is 0 Å².